The van der Waals surface area contributed by atoms with Gasteiger partial charge >= 0.3 is 0 Å². The molecule has 6 heteroatoms. The zero-order chi connectivity index (χ0) is 18.7. The fourth-order valence-electron chi connectivity index (χ4n) is 3.12. The highest BCUT2D eigenvalue weighted by Gasteiger charge is 2.31. The third-order valence-corrected chi connectivity index (χ3v) is 4.75. The van der Waals surface area contributed by atoms with Gasteiger partial charge in [-0.1, -0.05) is 41.9 Å². The van der Waals surface area contributed by atoms with Crippen LogP contribution >= 0.6 is 0 Å². The lowest BCUT2D eigenvalue weighted by molar-refractivity contribution is -0.132. The van der Waals surface area contributed by atoms with Gasteiger partial charge in [-0.25, -0.2) is 0 Å². The first-order valence-corrected chi connectivity index (χ1v) is 9.15. The van der Waals surface area contributed by atoms with Crippen LogP contribution in [0.2, 0.25) is 0 Å². The van der Waals surface area contributed by atoms with E-state index in [1.807, 2.05) is 24.7 Å². The molecule has 2 heterocycles. The maximum atomic E-state index is 12.6. The Hall–Kier alpha value is -2.63. The molecule has 0 saturated heterocycles. The lowest BCUT2D eigenvalue weighted by Crippen LogP contribution is -2.37. The molecule has 1 amide bonds. The number of hydrogen-bond acceptors (Lipinski definition) is 4. The standard InChI is InChI=1S/C20H26N4O2/c1-5-17(15-9-7-13(3)8-10-15)21-20(25)19-11-18(23-26-19)16-12-24(6-2)22-14(16)4/h7-10,12,17,19H,5-6,11H2,1-4H3,(H,21,25). The second-order valence-corrected chi connectivity index (χ2v) is 6.70. The average Bonchev–Trinajstić information content (AvgIpc) is 3.26. The third kappa shape index (κ3) is 3.79. The average molecular weight is 354 g/mol. The van der Waals surface area contributed by atoms with Crippen molar-refractivity contribution in [2.75, 3.05) is 0 Å². The molecule has 0 aliphatic carbocycles. The summed E-state index contributed by atoms with van der Waals surface area (Å²) in [5.74, 6) is -0.128. The van der Waals surface area contributed by atoms with Gasteiger partial charge < -0.3 is 10.2 Å². The van der Waals surface area contributed by atoms with Crippen LogP contribution in [0, 0.1) is 13.8 Å². The van der Waals surface area contributed by atoms with Crippen LogP contribution < -0.4 is 5.32 Å². The Morgan fingerprint density at radius 1 is 1.31 bits per heavy atom. The third-order valence-electron chi connectivity index (χ3n) is 4.75. The minimum absolute atomic E-state index is 0.0275. The SMILES string of the molecule is CCC(NC(=O)C1CC(c2cn(CC)nc2C)=NO1)c1ccc(C)cc1. The van der Waals surface area contributed by atoms with Crippen LogP contribution in [-0.4, -0.2) is 27.5 Å². The maximum Gasteiger partial charge on any atom is 0.264 e. The largest absolute Gasteiger partial charge is 0.382 e. The molecule has 3 rings (SSSR count). The molecule has 0 fully saturated rings. The highest BCUT2D eigenvalue weighted by atomic mass is 16.6. The highest BCUT2D eigenvalue weighted by molar-refractivity contribution is 6.04. The summed E-state index contributed by atoms with van der Waals surface area (Å²) in [4.78, 5) is 18.1. The molecule has 6 nitrogen and oxygen atoms in total. The van der Waals surface area contributed by atoms with E-state index in [4.69, 9.17) is 4.84 Å². The fourth-order valence-corrected chi connectivity index (χ4v) is 3.12. The van der Waals surface area contributed by atoms with Gasteiger partial charge in [0.1, 0.15) is 0 Å². The monoisotopic (exact) mass is 354 g/mol. The van der Waals surface area contributed by atoms with Gasteiger partial charge in [-0.05, 0) is 32.8 Å². The Bertz CT molecular complexity index is 808. The number of oxime groups is 1. The summed E-state index contributed by atoms with van der Waals surface area (Å²) in [7, 11) is 0. The normalized spacial score (nSPS) is 17.5. The first-order chi connectivity index (χ1) is 12.5. The van der Waals surface area contributed by atoms with Gasteiger partial charge in [-0.15, -0.1) is 0 Å². The van der Waals surface area contributed by atoms with Crippen LogP contribution in [0.3, 0.4) is 0 Å². The minimum atomic E-state index is -0.589. The molecule has 0 saturated carbocycles. The molecule has 1 N–H and O–H groups in total. The van der Waals surface area contributed by atoms with Crippen molar-refractivity contribution in [1.82, 2.24) is 15.1 Å². The predicted molar refractivity (Wildman–Crippen MR) is 101 cm³/mol. The van der Waals surface area contributed by atoms with Gasteiger partial charge in [0.25, 0.3) is 5.91 Å². The quantitative estimate of drug-likeness (QED) is 0.865. The molecule has 0 radical (unpaired) electrons. The summed E-state index contributed by atoms with van der Waals surface area (Å²) in [6.45, 7) is 8.90. The smallest absolute Gasteiger partial charge is 0.264 e. The van der Waals surface area contributed by atoms with Crippen LogP contribution in [0.4, 0.5) is 0 Å². The van der Waals surface area contributed by atoms with E-state index >= 15 is 0 Å². The Labute approximate surface area is 154 Å². The van der Waals surface area contributed by atoms with E-state index in [0.29, 0.717) is 6.42 Å². The summed E-state index contributed by atoms with van der Waals surface area (Å²) >= 11 is 0. The fraction of sp³-hybridized carbons (Fsp3) is 0.450. The predicted octanol–water partition coefficient (Wildman–Crippen LogP) is 3.28. The minimum Gasteiger partial charge on any atom is -0.382 e. The summed E-state index contributed by atoms with van der Waals surface area (Å²) in [6.07, 6.45) is 2.65. The lowest BCUT2D eigenvalue weighted by atomic mass is 10.0. The second kappa shape index (κ2) is 7.72. The Morgan fingerprint density at radius 3 is 2.65 bits per heavy atom. The van der Waals surface area contributed by atoms with Crippen molar-refractivity contribution in [3.63, 3.8) is 0 Å². The molecule has 1 aromatic carbocycles. The van der Waals surface area contributed by atoms with Crippen molar-refractivity contribution in [3.8, 4) is 0 Å². The zero-order valence-corrected chi connectivity index (χ0v) is 15.8. The molecule has 0 bridgehead atoms. The Balaban J connectivity index is 1.64. The van der Waals surface area contributed by atoms with Gasteiger partial charge in [0.15, 0.2) is 0 Å². The van der Waals surface area contributed by atoms with Crippen LogP contribution in [0.25, 0.3) is 0 Å². The summed E-state index contributed by atoms with van der Waals surface area (Å²) in [6, 6.07) is 8.21. The number of carbonyl (C=O) groups is 1. The Morgan fingerprint density at radius 2 is 2.04 bits per heavy atom. The number of hydrogen-bond donors (Lipinski definition) is 1. The van der Waals surface area contributed by atoms with Gasteiger partial charge in [0.2, 0.25) is 6.10 Å². The van der Waals surface area contributed by atoms with Crippen molar-refractivity contribution in [2.24, 2.45) is 5.16 Å². The van der Waals surface area contributed by atoms with Crippen LogP contribution in [0.15, 0.2) is 35.6 Å². The Kier molecular flexibility index (Phi) is 5.40. The van der Waals surface area contributed by atoms with Gasteiger partial charge in [-0.3, -0.25) is 9.48 Å². The number of aryl methyl sites for hydroxylation is 3. The van der Waals surface area contributed by atoms with Gasteiger partial charge in [0.05, 0.1) is 17.4 Å². The molecule has 2 atom stereocenters. The number of benzene rings is 1. The lowest BCUT2D eigenvalue weighted by Gasteiger charge is -2.19. The molecular formula is C20H26N4O2. The second-order valence-electron chi connectivity index (χ2n) is 6.70. The van der Waals surface area contributed by atoms with Crippen molar-refractivity contribution < 1.29 is 9.63 Å². The first kappa shape index (κ1) is 18.2. The molecule has 26 heavy (non-hydrogen) atoms. The molecule has 0 spiro atoms. The number of nitrogens with zero attached hydrogens (tertiary/aromatic N) is 3. The maximum absolute atomic E-state index is 12.6. The number of carbonyl (C=O) groups excluding carboxylic acids is 1. The van der Waals surface area contributed by atoms with Crippen molar-refractivity contribution in [3.05, 3.63) is 52.8 Å². The van der Waals surface area contributed by atoms with E-state index in [2.05, 4.69) is 53.7 Å². The van der Waals surface area contributed by atoms with Gasteiger partial charge in [-0.2, -0.15) is 5.10 Å². The van der Waals surface area contributed by atoms with E-state index in [1.54, 1.807) is 0 Å². The summed E-state index contributed by atoms with van der Waals surface area (Å²) < 4.78 is 1.87. The van der Waals surface area contributed by atoms with E-state index in [-0.39, 0.29) is 11.9 Å². The first-order valence-electron chi connectivity index (χ1n) is 9.15. The van der Waals surface area contributed by atoms with E-state index in [1.165, 1.54) is 5.56 Å². The number of amides is 1. The zero-order valence-electron chi connectivity index (χ0n) is 15.8. The molecule has 2 aromatic rings. The number of nitrogens with one attached hydrogen (secondary N) is 1. The molecule has 1 aliphatic heterocycles. The van der Waals surface area contributed by atoms with Crippen LogP contribution in [0.5, 0.6) is 0 Å². The molecule has 2 unspecified atom stereocenters. The molecule has 1 aromatic heterocycles. The molecular weight excluding hydrogens is 328 g/mol. The van der Waals surface area contributed by atoms with E-state index in [9.17, 15) is 4.79 Å². The number of rotatable bonds is 6. The molecule has 1 aliphatic rings. The summed E-state index contributed by atoms with van der Waals surface area (Å²) in [5, 5.41) is 11.7. The van der Waals surface area contributed by atoms with E-state index < -0.39 is 6.10 Å². The van der Waals surface area contributed by atoms with Crippen molar-refractivity contribution in [2.45, 2.75) is 59.2 Å². The van der Waals surface area contributed by atoms with Crippen LogP contribution in [-0.2, 0) is 16.2 Å². The van der Waals surface area contributed by atoms with Gasteiger partial charge in [0, 0.05) is 24.7 Å². The number of aromatic nitrogens is 2. The van der Waals surface area contributed by atoms with Crippen molar-refractivity contribution >= 4 is 11.6 Å². The topological polar surface area (TPSA) is 68.5 Å². The summed E-state index contributed by atoms with van der Waals surface area (Å²) in [5.41, 5.74) is 4.94. The van der Waals surface area contributed by atoms with Crippen molar-refractivity contribution in [1.29, 1.82) is 0 Å². The highest BCUT2D eigenvalue weighted by Crippen LogP contribution is 2.22. The van der Waals surface area contributed by atoms with Crippen LogP contribution in [0.1, 0.15) is 55.1 Å². The molecule has 138 valence electrons. The van der Waals surface area contributed by atoms with E-state index in [0.717, 1.165) is 35.5 Å².